The Morgan fingerprint density at radius 3 is 2.56 bits per heavy atom. The molecular formula is C20H26ClN3O3. The second-order valence-corrected chi connectivity index (χ2v) is 7.12. The van der Waals surface area contributed by atoms with Crippen molar-refractivity contribution in [3.05, 3.63) is 58.3 Å². The molecule has 3 amide bonds. The van der Waals surface area contributed by atoms with Gasteiger partial charge in [-0.2, -0.15) is 0 Å². The van der Waals surface area contributed by atoms with Gasteiger partial charge in [-0.05, 0) is 44.0 Å². The number of halogens is 1. The van der Waals surface area contributed by atoms with Crippen LogP contribution in [0, 0.1) is 0 Å². The average Bonchev–Trinajstić information content (AvgIpc) is 2.59. The quantitative estimate of drug-likeness (QED) is 0.625. The SMILES string of the molecule is C/C(=C\C=C(/C)NC(=O)NCc1ccc(Cl)cc1)CC(=O)N1CC[C@H]1CO. The van der Waals surface area contributed by atoms with E-state index in [0.29, 0.717) is 30.2 Å². The van der Waals surface area contributed by atoms with E-state index in [-0.39, 0.29) is 24.6 Å². The number of likely N-dealkylation sites (tertiary alicyclic amines) is 1. The van der Waals surface area contributed by atoms with E-state index in [0.717, 1.165) is 17.6 Å². The Morgan fingerprint density at radius 1 is 1.26 bits per heavy atom. The zero-order valence-corrected chi connectivity index (χ0v) is 16.4. The molecule has 1 aliphatic heterocycles. The van der Waals surface area contributed by atoms with E-state index in [1.165, 1.54) is 0 Å². The van der Waals surface area contributed by atoms with Crippen LogP contribution in [0.4, 0.5) is 4.79 Å². The molecular weight excluding hydrogens is 366 g/mol. The third kappa shape index (κ3) is 6.73. The van der Waals surface area contributed by atoms with Gasteiger partial charge in [-0.1, -0.05) is 35.4 Å². The first kappa shape index (κ1) is 21.0. The molecule has 1 aromatic carbocycles. The minimum Gasteiger partial charge on any atom is -0.394 e. The maximum atomic E-state index is 12.1. The first-order valence-corrected chi connectivity index (χ1v) is 9.30. The standard InChI is InChI=1S/C20H26ClN3O3/c1-14(11-19(26)24-10-9-18(24)13-25)3-4-15(2)23-20(27)22-12-16-5-7-17(21)8-6-16/h3-8,18,25H,9-13H2,1-2H3,(H2,22,23,27)/b14-3+,15-4+/t18-/m0/s1. The molecule has 1 atom stereocenters. The first-order chi connectivity index (χ1) is 12.9. The van der Waals surface area contributed by atoms with Gasteiger partial charge in [0.25, 0.3) is 0 Å². The lowest BCUT2D eigenvalue weighted by molar-refractivity contribution is -0.139. The summed E-state index contributed by atoms with van der Waals surface area (Å²) in [5, 5.41) is 15.3. The summed E-state index contributed by atoms with van der Waals surface area (Å²) < 4.78 is 0. The van der Waals surface area contributed by atoms with Crippen molar-refractivity contribution in [3.63, 3.8) is 0 Å². The van der Waals surface area contributed by atoms with Gasteiger partial charge < -0.3 is 20.6 Å². The third-order valence-electron chi connectivity index (χ3n) is 4.40. The minimum absolute atomic E-state index is 0.0164. The predicted octanol–water partition coefficient (Wildman–Crippen LogP) is 2.97. The number of carbonyl (C=O) groups is 2. The van der Waals surface area contributed by atoms with Crippen LogP contribution in [0.25, 0.3) is 0 Å². The molecule has 1 saturated heterocycles. The number of nitrogens with zero attached hydrogens (tertiary/aromatic N) is 1. The van der Waals surface area contributed by atoms with Gasteiger partial charge in [0.2, 0.25) is 5.91 Å². The molecule has 6 nitrogen and oxygen atoms in total. The van der Waals surface area contributed by atoms with E-state index in [1.807, 2.05) is 25.1 Å². The van der Waals surface area contributed by atoms with Gasteiger partial charge in [0.05, 0.1) is 12.6 Å². The third-order valence-corrected chi connectivity index (χ3v) is 4.65. The molecule has 0 saturated carbocycles. The molecule has 146 valence electrons. The lowest BCUT2D eigenvalue weighted by atomic mass is 10.0. The molecule has 0 unspecified atom stereocenters. The Kier molecular flexibility index (Phi) is 7.88. The van der Waals surface area contributed by atoms with Crippen molar-refractivity contribution in [2.45, 2.75) is 39.3 Å². The molecule has 2 rings (SSSR count). The highest BCUT2D eigenvalue weighted by Gasteiger charge is 2.30. The van der Waals surface area contributed by atoms with Crippen LogP contribution in [0.3, 0.4) is 0 Å². The predicted molar refractivity (Wildman–Crippen MR) is 106 cm³/mol. The summed E-state index contributed by atoms with van der Waals surface area (Å²) in [5.41, 5.74) is 2.52. The zero-order chi connectivity index (χ0) is 19.8. The summed E-state index contributed by atoms with van der Waals surface area (Å²) >= 11 is 5.83. The number of carbonyl (C=O) groups excluding carboxylic acids is 2. The number of rotatable bonds is 7. The summed E-state index contributed by atoms with van der Waals surface area (Å²) in [7, 11) is 0. The Bertz CT molecular complexity index is 726. The van der Waals surface area contributed by atoms with Crippen LogP contribution in [0.15, 0.2) is 47.7 Å². The topological polar surface area (TPSA) is 81.7 Å². The fraction of sp³-hybridized carbons (Fsp3) is 0.400. The molecule has 3 N–H and O–H groups in total. The number of nitrogens with one attached hydrogen (secondary N) is 2. The molecule has 0 bridgehead atoms. The van der Waals surface area contributed by atoms with Crippen LogP contribution in [0.5, 0.6) is 0 Å². The van der Waals surface area contributed by atoms with Gasteiger partial charge in [-0.25, -0.2) is 4.79 Å². The normalized spacial score (nSPS) is 17.3. The molecule has 7 heteroatoms. The van der Waals surface area contributed by atoms with Gasteiger partial charge in [0.1, 0.15) is 0 Å². The molecule has 1 aliphatic rings. The van der Waals surface area contributed by atoms with Gasteiger partial charge in [0.15, 0.2) is 0 Å². The Labute approximate surface area is 164 Å². The monoisotopic (exact) mass is 391 g/mol. The molecule has 0 aromatic heterocycles. The number of aliphatic hydroxyl groups excluding tert-OH is 1. The summed E-state index contributed by atoms with van der Waals surface area (Å²) in [6.07, 6.45) is 4.76. The number of aliphatic hydroxyl groups is 1. The van der Waals surface area contributed by atoms with Crippen molar-refractivity contribution < 1.29 is 14.7 Å². The number of hydrogen-bond donors (Lipinski definition) is 3. The molecule has 1 heterocycles. The summed E-state index contributed by atoms with van der Waals surface area (Å²) in [5.74, 6) is 0.0220. The van der Waals surface area contributed by atoms with Crippen molar-refractivity contribution in [1.82, 2.24) is 15.5 Å². The summed E-state index contributed by atoms with van der Waals surface area (Å²) in [6.45, 7) is 4.78. The molecule has 0 aliphatic carbocycles. The maximum absolute atomic E-state index is 12.1. The summed E-state index contributed by atoms with van der Waals surface area (Å²) in [6, 6.07) is 6.93. The summed E-state index contributed by atoms with van der Waals surface area (Å²) in [4.78, 5) is 25.8. The van der Waals surface area contributed by atoms with Crippen molar-refractivity contribution in [2.75, 3.05) is 13.2 Å². The number of urea groups is 1. The average molecular weight is 392 g/mol. The number of benzene rings is 1. The second kappa shape index (κ2) is 10.1. The van der Waals surface area contributed by atoms with Crippen LogP contribution < -0.4 is 10.6 Å². The van der Waals surface area contributed by atoms with Crippen LogP contribution in [-0.2, 0) is 11.3 Å². The van der Waals surface area contributed by atoms with E-state index < -0.39 is 0 Å². The van der Waals surface area contributed by atoms with Crippen LogP contribution in [-0.4, -0.2) is 41.1 Å². The van der Waals surface area contributed by atoms with E-state index in [2.05, 4.69) is 10.6 Å². The first-order valence-electron chi connectivity index (χ1n) is 8.92. The van der Waals surface area contributed by atoms with Crippen molar-refractivity contribution in [3.8, 4) is 0 Å². The minimum atomic E-state index is -0.299. The Hall–Kier alpha value is -2.31. The Balaban J connectivity index is 1.76. The number of amides is 3. The van der Waals surface area contributed by atoms with Crippen molar-refractivity contribution in [1.29, 1.82) is 0 Å². The molecule has 0 radical (unpaired) electrons. The molecule has 1 fully saturated rings. The lowest BCUT2D eigenvalue weighted by Crippen LogP contribution is -2.52. The second-order valence-electron chi connectivity index (χ2n) is 6.69. The number of hydrogen-bond acceptors (Lipinski definition) is 3. The van der Waals surface area contributed by atoms with E-state index in [1.54, 1.807) is 30.0 Å². The van der Waals surface area contributed by atoms with Crippen molar-refractivity contribution >= 4 is 23.5 Å². The maximum Gasteiger partial charge on any atom is 0.319 e. The fourth-order valence-electron chi connectivity index (χ4n) is 2.67. The van der Waals surface area contributed by atoms with Crippen LogP contribution >= 0.6 is 11.6 Å². The van der Waals surface area contributed by atoms with Gasteiger partial charge in [0, 0.05) is 30.2 Å². The fourth-order valence-corrected chi connectivity index (χ4v) is 2.80. The highest BCUT2D eigenvalue weighted by molar-refractivity contribution is 6.30. The van der Waals surface area contributed by atoms with Gasteiger partial charge in [-0.15, -0.1) is 0 Å². The highest BCUT2D eigenvalue weighted by atomic mass is 35.5. The number of allylic oxidation sites excluding steroid dienone is 3. The smallest absolute Gasteiger partial charge is 0.319 e. The zero-order valence-electron chi connectivity index (χ0n) is 15.7. The largest absolute Gasteiger partial charge is 0.394 e. The molecule has 0 spiro atoms. The van der Waals surface area contributed by atoms with E-state index >= 15 is 0 Å². The molecule has 27 heavy (non-hydrogen) atoms. The lowest BCUT2D eigenvalue weighted by Gasteiger charge is -2.40. The Morgan fingerprint density at radius 2 is 1.96 bits per heavy atom. The van der Waals surface area contributed by atoms with Gasteiger partial charge in [-0.3, -0.25) is 4.79 Å². The van der Waals surface area contributed by atoms with Crippen LogP contribution in [0.2, 0.25) is 5.02 Å². The van der Waals surface area contributed by atoms with Crippen LogP contribution in [0.1, 0.15) is 32.3 Å². The highest BCUT2D eigenvalue weighted by Crippen LogP contribution is 2.19. The van der Waals surface area contributed by atoms with E-state index in [4.69, 9.17) is 16.7 Å². The van der Waals surface area contributed by atoms with E-state index in [9.17, 15) is 9.59 Å². The van der Waals surface area contributed by atoms with Crippen molar-refractivity contribution in [2.24, 2.45) is 0 Å². The molecule has 1 aromatic rings. The van der Waals surface area contributed by atoms with Gasteiger partial charge >= 0.3 is 6.03 Å².